The highest BCUT2D eigenvalue weighted by Gasteiger charge is 2.18. The third-order valence-electron chi connectivity index (χ3n) is 1.02. The maximum Gasteiger partial charge on any atom is 0.225 e. The van der Waals surface area contributed by atoms with E-state index in [0.717, 1.165) is 0 Å². The quantitative estimate of drug-likeness (QED) is 0.581. The van der Waals surface area contributed by atoms with Crippen LogP contribution in [-0.2, 0) is 9.30 Å². The van der Waals surface area contributed by atoms with Crippen molar-refractivity contribution in [2.75, 3.05) is 13.8 Å². The molecule has 0 fully saturated rings. The molecule has 64 valence electrons. The third kappa shape index (κ3) is 7.71. The summed E-state index contributed by atoms with van der Waals surface area (Å²) < 4.78 is 15.2. The Morgan fingerprint density at radius 2 is 1.90 bits per heavy atom. The first-order valence-electron chi connectivity index (χ1n) is 2.45. The molecule has 0 bridgehead atoms. The highest BCUT2D eigenvalue weighted by atomic mass is 128. The molecule has 2 atom stereocenters. The van der Waals surface area contributed by atoms with Gasteiger partial charge in [0.25, 0.3) is 0 Å². The topological polar surface area (TPSA) is 46.5 Å². The van der Waals surface area contributed by atoms with Crippen LogP contribution in [0.2, 0.25) is 0 Å². The smallest absolute Gasteiger partial charge is 0.225 e. The summed E-state index contributed by atoms with van der Waals surface area (Å²) in [5.41, 5.74) is 0. The maximum atomic E-state index is 10.6. The summed E-state index contributed by atoms with van der Waals surface area (Å²) in [5, 5.41) is 0. The van der Waals surface area contributed by atoms with Crippen molar-refractivity contribution < 1.29 is 14.2 Å². The van der Waals surface area contributed by atoms with Crippen LogP contribution in [0.5, 0.6) is 0 Å². The summed E-state index contributed by atoms with van der Waals surface area (Å²) >= 11 is 4.24. The van der Waals surface area contributed by atoms with Crippen molar-refractivity contribution in [2.24, 2.45) is 0 Å². The number of hydrogen-bond acceptors (Lipinski definition) is 2. The van der Waals surface area contributed by atoms with Gasteiger partial charge in [-0.05, 0) is 6.92 Å². The molecule has 2 unspecified atom stereocenters. The summed E-state index contributed by atoms with van der Waals surface area (Å²) in [5.74, 6) is -0.539. The summed E-state index contributed by atoms with van der Waals surface area (Å²) in [4.78, 5) is 8.72. The molecule has 3 nitrogen and oxygen atoms in total. The van der Waals surface area contributed by atoms with E-state index in [2.05, 4.69) is 42.0 Å². The lowest BCUT2D eigenvalue weighted by Crippen LogP contribution is -2.03. The molecule has 0 aromatic heterocycles. The molecule has 0 radical (unpaired) electrons. The van der Waals surface area contributed by atoms with Gasteiger partial charge in [-0.1, -0.05) is 0 Å². The molecule has 0 aromatic carbocycles. The van der Waals surface area contributed by atoms with Gasteiger partial charge in [0.05, 0.1) is 0 Å². The lowest BCUT2D eigenvalue weighted by Gasteiger charge is -2.11. The first-order valence-corrected chi connectivity index (χ1v) is 10.9. The Bertz CT molecular complexity index is 113. The second-order valence-corrected chi connectivity index (χ2v) is 4.39. The minimum absolute atomic E-state index is 0.539. The average Bonchev–Trinajstić information content (AvgIpc) is 1.89. The van der Waals surface area contributed by atoms with Crippen LogP contribution in [-0.4, -0.2) is 24.5 Å². The largest absolute Gasteiger partial charge is 0.372 e. The van der Waals surface area contributed by atoms with Crippen LogP contribution < -0.4 is 0 Å². The van der Waals surface area contributed by atoms with Gasteiger partial charge in [-0.15, -0.1) is 0 Å². The second-order valence-electron chi connectivity index (χ2n) is 1.78. The van der Waals surface area contributed by atoms with Crippen molar-refractivity contribution in [3.63, 3.8) is 0 Å². The van der Waals surface area contributed by atoms with E-state index in [1.165, 1.54) is 13.8 Å². The Kier molecular flexibility index (Phi) is 10.3. The zero-order valence-corrected chi connectivity index (χ0v) is 11.3. The summed E-state index contributed by atoms with van der Waals surface area (Å²) in [7, 11) is -1.57. The molecule has 0 amide bonds. The Balaban J connectivity index is 0. The minimum atomic E-state index is -2.98. The lowest BCUT2D eigenvalue weighted by molar-refractivity contribution is 0.167. The summed E-state index contributed by atoms with van der Waals surface area (Å²) in [6.45, 7) is 2.85. The molecule has 0 aliphatic rings. The first-order chi connectivity index (χ1) is 4.48. The lowest BCUT2D eigenvalue weighted by atomic mass is 10.9. The normalized spacial score (nSPS) is 18.2. The molecule has 0 saturated carbocycles. The number of ether oxygens (including phenoxy) is 1. The molecule has 1 N–H and O–H groups in total. The fourth-order valence-electron chi connectivity index (χ4n) is 0.196. The predicted octanol–water partition coefficient (Wildman–Crippen LogP) is 2.65. The molecular weight excluding hydrogens is 381 g/mol. The van der Waals surface area contributed by atoms with Gasteiger partial charge < -0.3 is 9.63 Å². The molecule has 0 heterocycles. The molecular formula is C4H11I2O3P. The molecule has 6 heteroatoms. The van der Waals surface area contributed by atoms with E-state index >= 15 is 0 Å². The van der Waals surface area contributed by atoms with Crippen LogP contribution in [0.3, 0.4) is 0 Å². The van der Waals surface area contributed by atoms with Gasteiger partial charge in [0.15, 0.2) is 0 Å². The molecule has 0 saturated heterocycles. The maximum absolute atomic E-state index is 10.6. The molecule has 0 spiro atoms. The zero-order chi connectivity index (χ0) is 8.78. The van der Waals surface area contributed by atoms with Gasteiger partial charge >= 0.3 is 0 Å². The van der Waals surface area contributed by atoms with E-state index in [0.29, 0.717) is 0 Å². The molecule has 0 aromatic rings. The predicted molar refractivity (Wildman–Crippen MR) is 60.3 cm³/mol. The Morgan fingerprint density at radius 3 is 1.90 bits per heavy atom. The number of halogens is 2. The first kappa shape index (κ1) is 14.2. The van der Waals surface area contributed by atoms with Gasteiger partial charge in [0.1, 0.15) is 5.85 Å². The van der Waals surface area contributed by atoms with Crippen LogP contribution in [0, 0.1) is 0 Å². The van der Waals surface area contributed by atoms with E-state index in [1.54, 1.807) is 6.92 Å². The van der Waals surface area contributed by atoms with Gasteiger partial charge in [0, 0.05) is 51.0 Å². The third-order valence-corrected chi connectivity index (χ3v) is 2.58. The van der Waals surface area contributed by atoms with Crippen LogP contribution in [0.4, 0.5) is 0 Å². The summed E-state index contributed by atoms with van der Waals surface area (Å²) in [6.07, 6.45) is 0. The summed E-state index contributed by atoms with van der Waals surface area (Å²) in [6, 6.07) is 0. The fourth-order valence-corrected chi connectivity index (χ4v) is 0.587. The number of rotatable bonds is 2. The fraction of sp³-hybridized carbons (Fsp3) is 1.00. The number of hydrogen-bond donors (Lipinski definition) is 1. The van der Waals surface area contributed by atoms with Crippen LogP contribution in [0.1, 0.15) is 6.92 Å². The highest BCUT2D eigenvalue weighted by molar-refractivity contribution is 15.0. The van der Waals surface area contributed by atoms with Gasteiger partial charge in [-0.25, -0.2) is 0 Å². The Labute approximate surface area is 84.7 Å². The van der Waals surface area contributed by atoms with Crippen LogP contribution in [0.25, 0.3) is 0 Å². The Hall–Kier alpha value is 1.61. The van der Waals surface area contributed by atoms with Gasteiger partial charge in [-0.3, -0.25) is 4.57 Å². The SMILES string of the molecule is COC(C)P(C)(=O)O.II. The monoisotopic (exact) mass is 392 g/mol. The molecule has 0 aliphatic heterocycles. The molecule has 0 rings (SSSR count). The van der Waals surface area contributed by atoms with Crippen molar-refractivity contribution >= 4 is 44.6 Å². The highest BCUT2D eigenvalue weighted by Crippen LogP contribution is 2.41. The molecule has 10 heavy (non-hydrogen) atoms. The van der Waals surface area contributed by atoms with Crippen molar-refractivity contribution in [3.05, 3.63) is 0 Å². The minimum Gasteiger partial charge on any atom is -0.372 e. The van der Waals surface area contributed by atoms with E-state index < -0.39 is 13.2 Å². The standard InChI is InChI=1S/C4H11O3P.I2/c1-4(7-2)8(3,5)6;1-2/h4H,1-3H3,(H,5,6);. The van der Waals surface area contributed by atoms with Crippen molar-refractivity contribution in [3.8, 4) is 0 Å². The van der Waals surface area contributed by atoms with Gasteiger partial charge in [0.2, 0.25) is 7.37 Å². The Morgan fingerprint density at radius 1 is 1.60 bits per heavy atom. The van der Waals surface area contributed by atoms with E-state index in [-0.39, 0.29) is 0 Å². The van der Waals surface area contributed by atoms with Crippen LogP contribution in [0.15, 0.2) is 0 Å². The molecule has 0 aliphatic carbocycles. The van der Waals surface area contributed by atoms with Crippen molar-refractivity contribution in [2.45, 2.75) is 12.8 Å². The zero-order valence-electron chi connectivity index (χ0n) is 6.04. The average molecular weight is 392 g/mol. The van der Waals surface area contributed by atoms with E-state index in [1.807, 2.05) is 0 Å². The van der Waals surface area contributed by atoms with Crippen molar-refractivity contribution in [1.29, 1.82) is 0 Å². The van der Waals surface area contributed by atoms with Gasteiger partial charge in [-0.2, -0.15) is 0 Å². The van der Waals surface area contributed by atoms with Crippen LogP contribution >= 0.6 is 44.6 Å². The van der Waals surface area contributed by atoms with E-state index in [9.17, 15) is 4.57 Å². The number of methoxy groups -OCH3 is 1. The van der Waals surface area contributed by atoms with Crippen molar-refractivity contribution in [1.82, 2.24) is 0 Å². The second kappa shape index (κ2) is 7.27. The van der Waals surface area contributed by atoms with E-state index in [4.69, 9.17) is 4.89 Å².